The number of methoxy groups -OCH3 is 1. The van der Waals surface area contributed by atoms with Gasteiger partial charge in [-0.1, -0.05) is 6.07 Å². The lowest BCUT2D eigenvalue weighted by Gasteiger charge is -2.24. The Morgan fingerprint density at radius 1 is 1.29 bits per heavy atom. The molecule has 112 valence electrons. The van der Waals surface area contributed by atoms with Gasteiger partial charge in [-0.2, -0.15) is 0 Å². The molecular formula is C17H21NO3. The summed E-state index contributed by atoms with van der Waals surface area (Å²) in [6, 6.07) is 5.49. The van der Waals surface area contributed by atoms with Gasteiger partial charge in [-0.25, -0.2) is 0 Å². The van der Waals surface area contributed by atoms with E-state index in [-0.39, 0.29) is 6.10 Å². The highest BCUT2D eigenvalue weighted by Crippen LogP contribution is 2.47. The third-order valence-electron chi connectivity index (χ3n) is 4.76. The molecule has 0 heterocycles. The number of nitrogens with two attached hydrogens (primary N) is 1. The predicted molar refractivity (Wildman–Crippen MR) is 81.1 cm³/mol. The van der Waals surface area contributed by atoms with Crippen LogP contribution in [0.15, 0.2) is 24.4 Å². The van der Waals surface area contributed by atoms with Gasteiger partial charge >= 0.3 is 0 Å². The summed E-state index contributed by atoms with van der Waals surface area (Å²) in [5.41, 5.74) is 6.69. The molecule has 1 aromatic rings. The van der Waals surface area contributed by atoms with E-state index in [0.717, 1.165) is 24.2 Å². The fourth-order valence-electron chi connectivity index (χ4n) is 3.65. The molecule has 0 spiro atoms. The normalized spacial score (nSPS) is 27.7. The number of allylic oxidation sites excluding steroid dienone is 1. The van der Waals surface area contributed by atoms with Crippen LogP contribution >= 0.6 is 0 Å². The van der Waals surface area contributed by atoms with E-state index in [1.807, 2.05) is 18.2 Å². The summed E-state index contributed by atoms with van der Waals surface area (Å²) in [7, 11) is 1.63. The average Bonchev–Trinajstić information content (AvgIpc) is 3.11. The molecule has 2 saturated carbocycles. The summed E-state index contributed by atoms with van der Waals surface area (Å²) in [5, 5.41) is 0. The summed E-state index contributed by atoms with van der Waals surface area (Å²) >= 11 is 0. The maximum Gasteiger partial charge on any atom is 0.162 e. The lowest BCUT2D eigenvalue weighted by Crippen LogP contribution is -2.23. The van der Waals surface area contributed by atoms with Crippen molar-refractivity contribution in [1.82, 2.24) is 0 Å². The van der Waals surface area contributed by atoms with Crippen molar-refractivity contribution in [3.63, 3.8) is 0 Å². The highest BCUT2D eigenvalue weighted by atomic mass is 16.5. The van der Waals surface area contributed by atoms with Crippen molar-refractivity contribution in [1.29, 1.82) is 0 Å². The first-order chi connectivity index (χ1) is 10.2. The number of hydrogen-bond donors (Lipinski definition) is 1. The molecule has 0 amide bonds. The highest BCUT2D eigenvalue weighted by Gasteiger charge is 2.41. The van der Waals surface area contributed by atoms with Crippen LogP contribution in [0.4, 0.5) is 0 Å². The van der Waals surface area contributed by atoms with Crippen LogP contribution < -0.4 is 15.2 Å². The highest BCUT2D eigenvalue weighted by molar-refractivity contribution is 6.06. The quantitative estimate of drug-likeness (QED) is 0.668. The van der Waals surface area contributed by atoms with Crippen LogP contribution in [0.25, 0.3) is 5.57 Å². The van der Waals surface area contributed by atoms with Crippen LogP contribution in [0, 0.1) is 11.8 Å². The van der Waals surface area contributed by atoms with Gasteiger partial charge in [0.1, 0.15) is 6.10 Å². The fourth-order valence-corrected chi connectivity index (χ4v) is 3.65. The van der Waals surface area contributed by atoms with Gasteiger partial charge in [-0.15, -0.1) is 0 Å². The topological polar surface area (TPSA) is 61.5 Å². The van der Waals surface area contributed by atoms with Gasteiger partial charge in [0.05, 0.1) is 7.11 Å². The smallest absolute Gasteiger partial charge is 0.162 e. The Balaban J connectivity index is 1.85. The van der Waals surface area contributed by atoms with E-state index in [2.05, 4.69) is 0 Å². The summed E-state index contributed by atoms with van der Waals surface area (Å²) in [5.74, 6) is 2.89. The largest absolute Gasteiger partial charge is 0.493 e. The summed E-state index contributed by atoms with van der Waals surface area (Å²) < 4.78 is 11.6. The Bertz CT molecular complexity index is 567. The molecule has 3 atom stereocenters. The maximum absolute atomic E-state index is 11.0. The number of benzene rings is 1. The summed E-state index contributed by atoms with van der Waals surface area (Å²) in [6.07, 6.45) is 7.36. The first kappa shape index (κ1) is 14.0. The van der Waals surface area contributed by atoms with Crippen LogP contribution in [0.3, 0.4) is 0 Å². The Kier molecular flexibility index (Phi) is 3.86. The number of aldehydes is 1. The van der Waals surface area contributed by atoms with Crippen molar-refractivity contribution in [2.24, 2.45) is 17.6 Å². The predicted octanol–water partition coefficient (Wildman–Crippen LogP) is 2.76. The molecule has 2 N–H and O–H groups in total. The fraction of sp³-hybridized carbons (Fsp3) is 0.471. The molecule has 3 unspecified atom stereocenters. The standard InChI is InChI=1S/C17H21NO3/c1-20-15-5-4-12(14(9-18)10-19)8-17(15)21-16-7-11-2-3-13(16)6-11/h4-5,8-11,13,16H,2-3,6-7,18H2,1H3/b14-9+. The molecular weight excluding hydrogens is 266 g/mol. The van der Waals surface area contributed by atoms with Crippen molar-refractivity contribution in [3.8, 4) is 11.5 Å². The molecule has 0 radical (unpaired) electrons. The zero-order valence-electron chi connectivity index (χ0n) is 12.2. The minimum Gasteiger partial charge on any atom is -0.493 e. The lowest BCUT2D eigenvalue weighted by atomic mass is 9.97. The van der Waals surface area contributed by atoms with Crippen molar-refractivity contribution in [3.05, 3.63) is 30.0 Å². The second kappa shape index (κ2) is 5.80. The van der Waals surface area contributed by atoms with Crippen LogP contribution in [0.1, 0.15) is 31.2 Å². The van der Waals surface area contributed by atoms with Gasteiger partial charge in [0.25, 0.3) is 0 Å². The van der Waals surface area contributed by atoms with Crippen molar-refractivity contribution < 1.29 is 14.3 Å². The molecule has 1 aromatic carbocycles. The average molecular weight is 287 g/mol. The second-order valence-electron chi connectivity index (χ2n) is 5.94. The Morgan fingerprint density at radius 3 is 2.71 bits per heavy atom. The molecule has 0 saturated heterocycles. The van der Waals surface area contributed by atoms with Gasteiger partial charge in [0.15, 0.2) is 17.8 Å². The number of fused-ring (bicyclic) bond motifs is 2. The van der Waals surface area contributed by atoms with Crippen molar-refractivity contribution in [2.75, 3.05) is 7.11 Å². The molecule has 2 aliphatic rings. The first-order valence-corrected chi connectivity index (χ1v) is 7.47. The molecule has 4 nitrogen and oxygen atoms in total. The summed E-state index contributed by atoms with van der Waals surface area (Å²) in [6.45, 7) is 0. The first-order valence-electron chi connectivity index (χ1n) is 7.47. The maximum atomic E-state index is 11.0. The Labute approximate surface area is 124 Å². The monoisotopic (exact) mass is 287 g/mol. The molecule has 4 heteroatoms. The van der Waals surface area contributed by atoms with Gasteiger partial charge in [-0.05, 0) is 55.2 Å². The van der Waals surface area contributed by atoms with E-state index in [0.29, 0.717) is 23.0 Å². The minimum absolute atomic E-state index is 0.273. The third-order valence-corrected chi connectivity index (χ3v) is 4.76. The zero-order valence-corrected chi connectivity index (χ0v) is 12.2. The van der Waals surface area contributed by atoms with Gasteiger partial charge < -0.3 is 15.2 Å². The van der Waals surface area contributed by atoms with Crippen molar-refractivity contribution in [2.45, 2.75) is 31.8 Å². The number of carbonyl (C=O) groups is 1. The van der Waals surface area contributed by atoms with Gasteiger partial charge in [0.2, 0.25) is 0 Å². The molecule has 3 rings (SSSR count). The van der Waals surface area contributed by atoms with Crippen LogP contribution in [0.2, 0.25) is 0 Å². The lowest BCUT2D eigenvalue weighted by molar-refractivity contribution is -0.103. The van der Waals surface area contributed by atoms with E-state index < -0.39 is 0 Å². The number of hydrogen-bond acceptors (Lipinski definition) is 4. The van der Waals surface area contributed by atoms with Crippen LogP contribution in [0.5, 0.6) is 11.5 Å². The van der Waals surface area contributed by atoms with E-state index in [1.165, 1.54) is 25.5 Å². The van der Waals surface area contributed by atoms with E-state index >= 15 is 0 Å². The van der Waals surface area contributed by atoms with Gasteiger partial charge in [0, 0.05) is 11.8 Å². The number of carbonyl (C=O) groups excluding carboxylic acids is 1. The van der Waals surface area contributed by atoms with Crippen LogP contribution in [-0.4, -0.2) is 19.5 Å². The minimum atomic E-state index is 0.273. The van der Waals surface area contributed by atoms with E-state index in [1.54, 1.807) is 7.11 Å². The molecule has 2 bridgehead atoms. The van der Waals surface area contributed by atoms with Crippen molar-refractivity contribution >= 4 is 11.9 Å². The molecule has 0 aliphatic heterocycles. The van der Waals surface area contributed by atoms with E-state index in [4.69, 9.17) is 15.2 Å². The number of rotatable bonds is 5. The van der Waals surface area contributed by atoms with E-state index in [9.17, 15) is 4.79 Å². The molecule has 21 heavy (non-hydrogen) atoms. The molecule has 2 aliphatic carbocycles. The Hall–Kier alpha value is -1.97. The summed E-state index contributed by atoms with van der Waals surface area (Å²) in [4.78, 5) is 11.0. The number of ether oxygens (including phenoxy) is 2. The Morgan fingerprint density at radius 2 is 2.14 bits per heavy atom. The van der Waals surface area contributed by atoms with Gasteiger partial charge in [-0.3, -0.25) is 4.79 Å². The molecule has 2 fully saturated rings. The molecule has 0 aromatic heterocycles. The zero-order chi connectivity index (χ0) is 14.8. The third kappa shape index (κ3) is 2.62. The van der Waals surface area contributed by atoms with Crippen LogP contribution in [-0.2, 0) is 4.79 Å². The SMILES string of the molecule is COc1ccc(/C(C=O)=C/N)cc1OC1CC2CCC1C2. The second-order valence-corrected chi connectivity index (χ2v) is 5.94.